The molecule has 0 aromatic heterocycles. The molecule has 2 aromatic carbocycles. The van der Waals surface area contributed by atoms with Crippen LogP contribution in [0.5, 0.6) is 0 Å². The molecule has 0 aliphatic heterocycles. The quantitative estimate of drug-likeness (QED) is 0.507. The van der Waals surface area contributed by atoms with Crippen molar-refractivity contribution < 1.29 is 4.43 Å². The van der Waals surface area contributed by atoms with Gasteiger partial charge in [0.1, 0.15) is 0 Å². The van der Waals surface area contributed by atoms with Crippen molar-refractivity contribution in [3.05, 3.63) is 71.9 Å². The number of benzene rings is 2. The standard InChI is InChI=1S/C25H38OSi2/c1-21(19-22(2)27(6,7)8)20-26-28(25(3,4)5,23-15-11-9-12-16-23)24-17-13-10-14-18-24/h9-19,21H,20H2,1-8H3/b22-19-/t21-/m1/s1. The second kappa shape index (κ2) is 8.94. The SMILES string of the molecule is C/C(=C/[C@@H](C)CO[Si](c1ccccc1)(c1ccccc1)C(C)(C)C)[Si](C)(C)C. The van der Waals surface area contributed by atoms with Crippen molar-refractivity contribution in [1.82, 2.24) is 0 Å². The van der Waals surface area contributed by atoms with Gasteiger partial charge in [0.05, 0.1) is 8.07 Å². The van der Waals surface area contributed by atoms with Crippen LogP contribution in [0.4, 0.5) is 0 Å². The molecule has 3 heteroatoms. The maximum Gasteiger partial charge on any atom is 0.261 e. The van der Waals surface area contributed by atoms with Gasteiger partial charge in [0.2, 0.25) is 0 Å². The Balaban J connectivity index is 2.48. The Morgan fingerprint density at radius 2 is 1.32 bits per heavy atom. The summed E-state index contributed by atoms with van der Waals surface area (Å²) in [7, 11) is -3.67. The normalized spacial score (nSPS) is 14.8. The first-order valence-corrected chi connectivity index (χ1v) is 15.8. The van der Waals surface area contributed by atoms with Gasteiger partial charge in [-0.05, 0) is 28.3 Å². The molecule has 28 heavy (non-hydrogen) atoms. The van der Waals surface area contributed by atoms with E-state index in [9.17, 15) is 0 Å². The highest BCUT2D eigenvalue weighted by molar-refractivity contribution is 6.99. The van der Waals surface area contributed by atoms with Gasteiger partial charge >= 0.3 is 0 Å². The summed E-state index contributed by atoms with van der Waals surface area (Å²) in [5, 5.41) is 4.30. The minimum atomic E-state index is -2.43. The van der Waals surface area contributed by atoms with E-state index in [-0.39, 0.29) is 5.04 Å². The predicted molar refractivity (Wildman–Crippen MR) is 130 cm³/mol. The van der Waals surface area contributed by atoms with Crippen LogP contribution in [0, 0.1) is 5.92 Å². The summed E-state index contributed by atoms with van der Waals surface area (Å²) >= 11 is 0. The highest BCUT2D eigenvalue weighted by Gasteiger charge is 2.50. The molecule has 0 radical (unpaired) electrons. The molecule has 0 amide bonds. The lowest BCUT2D eigenvalue weighted by Crippen LogP contribution is -2.66. The molecular weight excluding hydrogens is 372 g/mol. The summed E-state index contributed by atoms with van der Waals surface area (Å²) in [6.45, 7) is 19.6. The van der Waals surface area contributed by atoms with E-state index in [0.29, 0.717) is 5.92 Å². The van der Waals surface area contributed by atoms with Crippen molar-refractivity contribution in [3.8, 4) is 0 Å². The summed E-state index contributed by atoms with van der Waals surface area (Å²) in [5.74, 6) is 0.411. The fourth-order valence-corrected chi connectivity index (χ4v) is 9.20. The monoisotopic (exact) mass is 410 g/mol. The first-order valence-electron chi connectivity index (χ1n) is 10.4. The smallest absolute Gasteiger partial charge is 0.261 e. The zero-order valence-corrected chi connectivity index (χ0v) is 21.0. The van der Waals surface area contributed by atoms with Gasteiger partial charge in [0.25, 0.3) is 8.32 Å². The van der Waals surface area contributed by atoms with Gasteiger partial charge in [-0.15, -0.1) is 0 Å². The summed E-state index contributed by atoms with van der Waals surface area (Å²) in [5.41, 5.74) is 0. The summed E-state index contributed by atoms with van der Waals surface area (Å²) < 4.78 is 7.05. The van der Waals surface area contributed by atoms with Crippen molar-refractivity contribution >= 4 is 26.8 Å². The third-order valence-electron chi connectivity index (χ3n) is 5.70. The van der Waals surface area contributed by atoms with Crippen molar-refractivity contribution in [2.75, 3.05) is 6.61 Å². The molecule has 1 atom stereocenters. The fraction of sp³-hybridized carbons (Fsp3) is 0.440. The van der Waals surface area contributed by atoms with Crippen molar-refractivity contribution in [3.63, 3.8) is 0 Å². The zero-order valence-electron chi connectivity index (χ0n) is 19.0. The second-order valence-electron chi connectivity index (χ2n) is 10.1. The van der Waals surface area contributed by atoms with E-state index in [1.165, 1.54) is 10.4 Å². The van der Waals surface area contributed by atoms with Gasteiger partial charge in [0.15, 0.2) is 0 Å². The Bertz CT molecular complexity index is 728. The molecule has 0 fully saturated rings. The molecule has 0 unspecified atom stereocenters. The Morgan fingerprint density at radius 3 is 1.68 bits per heavy atom. The third kappa shape index (κ3) is 5.13. The van der Waals surface area contributed by atoms with Gasteiger partial charge < -0.3 is 4.43 Å². The van der Waals surface area contributed by atoms with Gasteiger partial charge in [-0.1, -0.05) is 119 Å². The van der Waals surface area contributed by atoms with Crippen LogP contribution in [0.3, 0.4) is 0 Å². The number of hydrogen-bond acceptors (Lipinski definition) is 1. The summed E-state index contributed by atoms with van der Waals surface area (Å²) in [6.07, 6.45) is 2.45. The maximum absolute atomic E-state index is 7.05. The lowest BCUT2D eigenvalue weighted by molar-refractivity contribution is 0.267. The van der Waals surface area contributed by atoms with Crippen LogP contribution in [0.1, 0.15) is 34.6 Å². The minimum Gasteiger partial charge on any atom is -0.407 e. The number of allylic oxidation sites excluding steroid dienone is 1. The van der Waals surface area contributed by atoms with Crippen LogP contribution in [0.15, 0.2) is 71.9 Å². The molecule has 0 aliphatic carbocycles. The zero-order chi connectivity index (χ0) is 21.0. The average molecular weight is 411 g/mol. The molecule has 1 nitrogen and oxygen atoms in total. The average Bonchev–Trinajstić information content (AvgIpc) is 2.62. The van der Waals surface area contributed by atoms with Crippen molar-refractivity contribution in [2.24, 2.45) is 5.92 Å². The van der Waals surface area contributed by atoms with Gasteiger partial charge in [-0.2, -0.15) is 0 Å². The van der Waals surface area contributed by atoms with Gasteiger partial charge in [-0.25, -0.2) is 0 Å². The van der Waals surface area contributed by atoms with E-state index in [2.05, 4.69) is 121 Å². The fourth-order valence-electron chi connectivity index (χ4n) is 3.74. The van der Waals surface area contributed by atoms with Crippen molar-refractivity contribution in [1.29, 1.82) is 0 Å². The van der Waals surface area contributed by atoms with Crippen LogP contribution in [-0.4, -0.2) is 23.0 Å². The Kier molecular flexibility index (Phi) is 7.29. The van der Waals surface area contributed by atoms with Crippen LogP contribution >= 0.6 is 0 Å². The number of hydrogen-bond donors (Lipinski definition) is 0. The summed E-state index contributed by atoms with van der Waals surface area (Å²) in [6, 6.07) is 21.8. The second-order valence-corrected chi connectivity index (χ2v) is 19.6. The van der Waals surface area contributed by atoms with Gasteiger partial charge in [-0.3, -0.25) is 0 Å². The molecule has 0 saturated heterocycles. The lowest BCUT2D eigenvalue weighted by Gasteiger charge is -2.43. The van der Waals surface area contributed by atoms with E-state index < -0.39 is 16.4 Å². The Hall–Kier alpha value is -1.43. The maximum atomic E-state index is 7.05. The molecule has 0 aliphatic rings. The van der Waals surface area contributed by atoms with E-state index >= 15 is 0 Å². The molecule has 2 aromatic rings. The Labute approximate surface area is 175 Å². The highest BCUT2D eigenvalue weighted by Crippen LogP contribution is 2.37. The van der Waals surface area contributed by atoms with Crippen LogP contribution in [0.25, 0.3) is 0 Å². The number of rotatable bonds is 7. The minimum absolute atomic E-state index is 0.0347. The van der Waals surface area contributed by atoms with E-state index in [0.717, 1.165) is 6.61 Å². The van der Waals surface area contributed by atoms with Crippen molar-refractivity contribution in [2.45, 2.75) is 59.3 Å². The highest BCUT2D eigenvalue weighted by atomic mass is 28.4. The molecule has 0 N–H and O–H groups in total. The van der Waals surface area contributed by atoms with E-state index in [1.54, 1.807) is 5.20 Å². The third-order valence-corrected chi connectivity index (χ3v) is 13.2. The van der Waals surface area contributed by atoms with E-state index in [4.69, 9.17) is 4.43 Å². The van der Waals surface area contributed by atoms with Crippen LogP contribution in [-0.2, 0) is 4.43 Å². The molecule has 0 heterocycles. The largest absolute Gasteiger partial charge is 0.407 e. The lowest BCUT2D eigenvalue weighted by atomic mass is 10.2. The molecule has 0 saturated carbocycles. The van der Waals surface area contributed by atoms with E-state index in [1.807, 2.05) is 0 Å². The molecule has 152 valence electrons. The molecule has 0 bridgehead atoms. The first kappa shape index (κ1) is 22.9. The van der Waals surface area contributed by atoms with Gasteiger partial charge in [0, 0.05) is 6.61 Å². The summed E-state index contributed by atoms with van der Waals surface area (Å²) in [4.78, 5) is 0. The topological polar surface area (TPSA) is 9.23 Å². The van der Waals surface area contributed by atoms with Crippen LogP contribution < -0.4 is 10.4 Å². The molecule has 0 spiro atoms. The Morgan fingerprint density at radius 1 is 0.893 bits per heavy atom. The molecule has 2 rings (SSSR count). The first-order chi connectivity index (χ1) is 13.0. The van der Waals surface area contributed by atoms with Crippen LogP contribution in [0.2, 0.25) is 24.7 Å². The molecular formula is C25H38OSi2. The predicted octanol–water partition coefficient (Wildman–Crippen LogP) is 6.02.